The first-order valence-electron chi connectivity index (χ1n) is 7.57. The van der Waals surface area contributed by atoms with E-state index in [1.54, 1.807) is 6.07 Å². The molecule has 1 aliphatic heterocycles. The molecule has 10 heteroatoms. The number of nitrogens with zero attached hydrogens (tertiary/aromatic N) is 3. The number of aryl methyl sites for hydroxylation is 1. The standard InChI is InChI=1S/C15H19N5O3.2ClH/c1-19-12-10(14(22)20(2)15(19)23)3-4-11(18-12)13(21)17-9-5-7-16-8-6-9;;/h3-4,9,16H,5-8H2,1-2H3,(H,17,21);2*1H. The fraction of sp³-hybridized carbons (Fsp3) is 0.467. The zero-order valence-electron chi connectivity index (χ0n) is 13.9. The number of amides is 1. The Labute approximate surface area is 156 Å². The number of pyridine rings is 1. The van der Waals surface area contributed by atoms with Gasteiger partial charge in [-0.05, 0) is 38.1 Å². The lowest BCUT2D eigenvalue weighted by molar-refractivity contribution is 0.0925. The summed E-state index contributed by atoms with van der Waals surface area (Å²) in [6.45, 7) is 1.75. The van der Waals surface area contributed by atoms with E-state index in [0.717, 1.165) is 30.5 Å². The molecule has 1 fully saturated rings. The third-order valence-electron chi connectivity index (χ3n) is 4.21. The summed E-state index contributed by atoms with van der Waals surface area (Å²) in [5.41, 5.74) is -0.456. The maximum atomic E-state index is 12.3. The SMILES string of the molecule is Cl.Cl.Cn1c(=O)c2ccc(C(=O)NC3CCNCC3)nc2n(C)c1=O. The van der Waals surface area contributed by atoms with Crippen LogP contribution in [0.2, 0.25) is 0 Å². The number of hydrogen-bond donors (Lipinski definition) is 2. The minimum absolute atomic E-state index is 0. The van der Waals surface area contributed by atoms with Crippen LogP contribution in [0.5, 0.6) is 0 Å². The molecule has 0 aromatic carbocycles. The van der Waals surface area contributed by atoms with Crippen LogP contribution in [0.25, 0.3) is 11.0 Å². The Balaban J connectivity index is 0.00000156. The number of piperidine rings is 1. The lowest BCUT2D eigenvalue weighted by atomic mass is 10.1. The van der Waals surface area contributed by atoms with E-state index in [2.05, 4.69) is 15.6 Å². The number of halogens is 2. The summed E-state index contributed by atoms with van der Waals surface area (Å²) >= 11 is 0. The van der Waals surface area contributed by atoms with Crippen molar-refractivity contribution >= 4 is 41.8 Å². The van der Waals surface area contributed by atoms with Crippen LogP contribution in [0.3, 0.4) is 0 Å². The summed E-state index contributed by atoms with van der Waals surface area (Å²) in [6.07, 6.45) is 1.75. The molecule has 2 aromatic heterocycles. The number of hydrogen-bond acceptors (Lipinski definition) is 5. The predicted molar refractivity (Wildman–Crippen MR) is 100 cm³/mol. The third-order valence-corrected chi connectivity index (χ3v) is 4.21. The number of carbonyl (C=O) groups is 1. The minimum Gasteiger partial charge on any atom is -0.348 e. The minimum atomic E-state index is -0.467. The van der Waals surface area contributed by atoms with Crippen LogP contribution in [0.4, 0.5) is 0 Å². The van der Waals surface area contributed by atoms with Gasteiger partial charge in [0.25, 0.3) is 11.5 Å². The van der Waals surface area contributed by atoms with Crippen LogP contribution in [0, 0.1) is 0 Å². The molecule has 8 nitrogen and oxygen atoms in total. The van der Waals surface area contributed by atoms with Crippen LogP contribution in [-0.2, 0) is 14.1 Å². The second-order valence-electron chi connectivity index (χ2n) is 5.77. The van der Waals surface area contributed by atoms with E-state index in [0.29, 0.717) is 5.39 Å². The van der Waals surface area contributed by atoms with Gasteiger partial charge in [0.15, 0.2) is 0 Å². The van der Waals surface area contributed by atoms with Crippen LogP contribution in [-0.4, -0.2) is 39.2 Å². The van der Waals surface area contributed by atoms with Gasteiger partial charge in [-0.15, -0.1) is 24.8 Å². The highest BCUT2D eigenvalue weighted by Crippen LogP contribution is 2.08. The lowest BCUT2D eigenvalue weighted by Gasteiger charge is -2.23. The number of rotatable bonds is 2. The molecule has 3 heterocycles. The number of carbonyl (C=O) groups excluding carboxylic acids is 1. The molecule has 25 heavy (non-hydrogen) atoms. The fourth-order valence-corrected chi connectivity index (χ4v) is 2.81. The molecule has 2 N–H and O–H groups in total. The van der Waals surface area contributed by atoms with Gasteiger partial charge in [0.1, 0.15) is 11.3 Å². The second kappa shape index (κ2) is 8.46. The molecule has 0 aliphatic carbocycles. The Morgan fingerprint density at radius 1 is 1.16 bits per heavy atom. The van der Waals surface area contributed by atoms with Crippen molar-refractivity contribution in [3.05, 3.63) is 38.7 Å². The molecule has 0 saturated carbocycles. The summed E-state index contributed by atoms with van der Waals surface area (Å²) in [7, 11) is 2.95. The Kier molecular flexibility index (Phi) is 7.16. The average Bonchev–Trinajstić information content (AvgIpc) is 2.58. The predicted octanol–water partition coefficient (Wildman–Crippen LogP) is -0.0424. The number of aromatic nitrogens is 3. The fourth-order valence-electron chi connectivity index (χ4n) is 2.81. The molecule has 1 saturated heterocycles. The molecular weight excluding hydrogens is 369 g/mol. The third kappa shape index (κ3) is 4.02. The zero-order chi connectivity index (χ0) is 16.6. The van der Waals surface area contributed by atoms with Gasteiger partial charge in [-0.2, -0.15) is 0 Å². The Morgan fingerprint density at radius 3 is 2.44 bits per heavy atom. The second-order valence-corrected chi connectivity index (χ2v) is 5.77. The van der Waals surface area contributed by atoms with E-state index in [1.807, 2.05) is 0 Å². The maximum absolute atomic E-state index is 12.3. The molecule has 3 rings (SSSR count). The highest BCUT2D eigenvalue weighted by atomic mass is 35.5. The van der Waals surface area contributed by atoms with Crippen molar-refractivity contribution in [1.82, 2.24) is 24.8 Å². The lowest BCUT2D eigenvalue weighted by Crippen LogP contribution is -2.43. The molecule has 0 atom stereocenters. The van der Waals surface area contributed by atoms with Crippen LogP contribution in [0.15, 0.2) is 21.7 Å². The van der Waals surface area contributed by atoms with Crippen LogP contribution in [0.1, 0.15) is 23.3 Å². The van der Waals surface area contributed by atoms with E-state index in [-0.39, 0.29) is 48.1 Å². The highest BCUT2D eigenvalue weighted by molar-refractivity contribution is 5.94. The van der Waals surface area contributed by atoms with Crippen molar-refractivity contribution in [3.8, 4) is 0 Å². The molecule has 0 bridgehead atoms. The molecule has 2 aromatic rings. The molecule has 0 unspecified atom stereocenters. The maximum Gasteiger partial charge on any atom is 0.332 e. The number of nitrogens with one attached hydrogen (secondary N) is 2. The summed E-state index contributed by atoms with van der Waals surface area (Å²) in [5.74, 6) is -0.285. The Hall–Kier alpha value is -1.90. The molecule has 0 radical (unpaired) electrons. The summed E-state index contributed by atoms with van der Waals surface area (Å²) < 4.78 is 2.30. The average molecular weight is 390 g/mol. The quantitative estimate of drug-likeness (QED) is 0.750. The van der Waals surface area contributed by atoms with Gasteiger partial charge in [-0.3, -0.25) is 18.7 Å². The van der Waals surface area contributed by atoms with E-state index in [1.165, 1.54) is 24.7 Å². The van der Waals surface area contributed by atoms with E-state index < -0.39 is 11.2 Å². The summed E-state index contributed by atoms with van der Waals surface area (Å²) in [5, 5.41) is 6.50. The first kappa shape index (κ1) is 21.1. The van der Waals surface area contributed by atoms with Gasteiger partial charge < -0.3 is 10.6 Å². The van der Waals surface area contributed by atoms with Crippen LogP contribution >= 0.6 is 24.8 Å². The smallest absolute Gasteiger partial charge is 0.332 e. The summed E-state index contributed by atoms with van der Waals surface area (Å²) in [6, 6.07) is 3.18. The molecule has 1 aliphatic rings. The van der Waals surface area contributed by atoms with Gasteiger partial charge in [0.05, 0.1) is 5.39 Å². The van der Waals surface area contributed by atoms with Crippen LogP contribution < -0.4 is 21.9 Å². The normalized spacial score (nSPS) is 14.5. The topological polar surface area (TPSA) is 98.0 Å². The molecular formula is C15H21Cl2N5O3. The summed E-state index contributed by atoms with van der Waals surface area (Å²) in [4.78, 5) is 40.6. The highest BCUT2D eigenvalue weighted by Gasteiger charge is 2.18. The Morgan fingerprint density at radius 2 is 1.80 bits per heavy atom. The van der Waals surface area contributed by atoms with E-state index in [9.17, 15) is 14.4 Å². The monoisotopic (exact) mass is 389 g/mol. The van der Waals surface area contributed by atoms with Gasteiger partial charge in [-0.25, -0.2) is 9.78 Å². The van der Waals surface area contributed by atoms with E-state index in [4.69, 9.17) is 0 Å². The largest absolute Gasteiger partial charge is 0.348 e. The first-order chi connectivity index (χ1) is 11.0. The van der Waals surface area contributed by atoms with Crippen molar-refractivity contribution < 1.29 is 4.79 Å². The van der Waals surface area contributed by atoms with Gasteiger partial charge in [0, 0.05) is 20.1 Å². The van der Waals surface area contributed by atoms with Crippen molar-refractivity contribution in [2.75, 3.05) is 13.1 Å². The molecule has 1 amide bonds. The van der Waals surface area contributed by atoms with E-state index >= 15 is 0 Å². The molecule has 138 valence electrons. The van der Waals surface area contributed by atoms with Gasteiger partial charge in [0.2, 0.25) is 0 Å². The van der Waals surface area contributed by atoms with Crippen molar-refractivity contribution in [2.24, 2.45) is 14.1 Å². The van der Waals surface area contributed by atoms with Crippen molar-refractivity contribution in [2.45, 2.75) is 18.9 Å². The molecule has 0 spiro atoms. The zero-order valence-corrected chi connectivity index (χ0v) is 15.6. The number of fused-ring (bicyclic) bond motifs is 1. The van der Waals surface area contributed by atoms with Crippen molar-refractivity contribution in [1.29, 1.82) is 0 Å². The van der Waals surface area contributed by atoms with Gasteiger partial charge >= 0.3 is 5.69 Å². The Bertz CT molecular complexity index is 887. The van der Waals surface area contributed by atoms with Crippen molar-refractivity contribution in [3.63, 3.8) is 0 Å². The first-order valence-corrected chi connectivity index (χ1v) is 7.57. The van der Waals surface area contributed by atoms with Gasteiger partial charge in [-0.1, -0.05) is 0 Å².